The Hall–Kier alpha value is -2.36. The average Bonchev–Trinajstić information content (AvgIpc) is 2.54. The smallest absolute Gasteiger partial charge is 0.162 e. The summed E-state index contributed by atoms with van der Waals surface area (Å²) in [4.78, 5) is 0. The fourth-order valence-electron chi connectivity index (χ4n) is 3.73. The molecule has 2 nitrogen and oxygen atoms in total. The lowest BCUT2D eigenvalue weighted by Crippen LogP contribution is -2.31. The maximum Gasteiger partial charge on any atom is 0.162 e. The Morgan fingerprint density at radius 2 is 1.76 bits per heavy atom. The number of halogens is 2. The van der Waals surface area contributed by atoms with Crippen LogP contribution in [0.25, 0.3) is 16.7 Å². The first-order valence-electron chi connectivity index (χ1n) is 8.44. The summed E-state index contributed by atoms with van der Waals surface area (Å²) in [6.07, 6.45) is 2.97. The van der Waals surface area contributed by atoms with Crippen LogP contribution in [0.4, 0.5) is 14.5 Å². The van der Waals surface area contributed by atoms with E-state index in [0.717, 1.165) is 34.9 Å². The van der Waals surface area contributed by atoms with Crippen LogP contribution in [-0.4, -0.2) is 12.6 Å². The molecule has 3 rings (SSSR count). The fraction of sp³-hybridized carbons (Fsp3) is 0.333. The van der Waals surface area contributed by atoms with Gasteiger partial charge in [0.25, 0.3) is 0 Å². The van der Waals surface area contributed by atoms with Gasteiger partial charge in [-0.2, -0.15) is 0 Å². The first-order chi connectivity index (χ1) is 11.8. The molecule has 4 heteroatoms. The molecule has 0 spiro atoms. The summed E-state index contributed by atoms with van der Waals surface area (Å²) in [5.41, 5.74) is 5.78. The van der Waals surface area contributed by atoms with Gasteiger partial charge in [-0.1, -0.05) is 19.1 Å². The predicted octanol–water partition coefficient (Wildman–Crippen LogP) is 5.81. The van der Waals surface area contributed by atoms with E-state index in [2.05, 4.69) is 39.1 Å². The number of fused-ring (bicyclic) bond motifs is 1. The first-order valence-corrected chi connectivity index (χ1v) is 8.44. The van der Waals surface area contributed by atoms with Crippen LogP contribution in [0.5, 0.6) is 5.75 Å². The van der Waals surface area contributed by atoms with Crippen molar-refractivity contribution in [3.8, 4) is 16.9 Å². The molecule has 1 N–H and O–H groups in total. The van der Waals surface area contributed by atoms with Crippen LogP contribution in [0, 0.1) is 11.6 Å². The molecule has 0 unspecified atom stereocenters. The van der Waals surface area contributed by atoms with Crippen molar-refractivity contribution in [3.05, 3.63) is 53.1 Å². The van der Waals surface area contributed by atoms with Crippen molar-refractivity contribution in [2.75, 3.05) is 12.4 Å². The van der Waals surface area contributed by atoms with Gasteiger partial charge < -0.3 is 10.1 Å². The van der Waals surface area contributed by atoms with E-state index in [1.54, 1.807) is 0 Å². The molecule has 0 saturated heterocycles. The minimum atomic E-state index is -0.906. The Balaban J connectivity index is 2.27. The number of methoxy groups -OCH3 is 1. The zero-order valence-corrected chi connectivity index (χ0v) is 15.3. The largest absolute Gasteiger partial charge is 0.496 e. The second-order valence-electron chi connectivity index (χ2n) is 7.01. The first kappa shape index (κ1) is 17.5. The lowest BCUT2D eigenvalue weighted by molar-refractivity contribution is 0.408. The number of rotatable bonds is 3. The van der Waals surface area contributed by atoms with Crippen molar-refractivity contribution >= 4 is 11.3 Å². The van der Waals surface area contributed by atoms with E-state index < -0.39 is 11.6 Å². The Morgan fingerprint density at radius 1 is 1.08 bits per heavy atom. The van der Waals surface area contributed by atoms with Crippen LogP contribution in [0.3, 0.4) is 0 Å². The average molecular weight is 343 g/mol. The Bertz CT molecular complexity index is 869. The highest BCUT2D eigenvalue weighted by Crippen LogP contribution is 2.42. The van der Waals surface area contributed by atoms with Crippen LogP contribution < -0.4 is 10.1 Å². The van der Waals surface area contributed by atoms with Crippen LogP contribution >= 0.6 is 0 Å². The highest BCUT2D eigenvalue weighted by molar-refractivity contribution is 5.88. The summed E-state index contributed by atoms with van der Waals surface area (Å²) in [6.45, 7) is 8.40. The van der Waals surface area contributed by atoms with Crippen LogP contribution in [0.1, 0.15) is 38.8 Å². The Labute approximate surface area is 147 Å². The molecule has 0 saturated carbocycles. The topological polar surface area (TPSA) is 21.3 Å². The van der Waals surface area contributed by atoms with Crippen LogP contribution in [-0.2, 0) is 6.42 Å². The van der Waals surface area contributed by atoms with Crippen molar-refractivity contribution in [2.45, 2.75) is 39.7 Å². The van der Waals surface area contributed by atoms with Crippen molar-refractivity contribution in [1.29, 1.82) is 0 Å². The third-order valence-electron chi connectivity index (χ3n) is 4.63. The predicted molar refractivity (Wildman–Crippen MR) is 99.1 cm³/mol. The van der Waals surface area contributed by atoms with E-state index in [1.807, 2.05) is 12.1 Å². The second-order valence-corrected chi connectivity index (χ2v) is 7.01. The molecule has 0 amide bonds. The van der Waals surface area contributed by atoms with Crippen LogP contribution in [0.15, 0.2) is 30.3 Å². The summed E-state index contributed by atoms with van der Waals surface area (Å²) in [6, 6.07) is 6.28. The van der Waals surface area contributed by atoms with Gasteiger partial charge in [0.2, 0.25) is 0 Å². The molecule has 1 heterocycles. The summed E-state index contributed by atoms with van der Waals surface area (Å²) in [7, 11) is 1.47. The third-order valence-corrected chi connectivity index (χ3v) is 4.63. The molecule has 2 aromatic rings. The van der Waals surface area contributed by atoms with Crippen molar-refractivity contribution in [2.24, 2.45) is 0 Å². The van der Waals surface area contributed by atoms with E-state index in [0.29, 0.717) is 11.3 Å². The molecular formula is C21H23F2NO. The number of allylic oxidation sites excluding steroid dienone is 1. The highest BCUT2D eigenvalue weighted by atomic mass is 19.2. The number of hydrogen-bond donors (Lipinski definition) is 1. The van der Waals surface area contributed by atoms with E-state index in [1.165, 1.54) is 18.7 Å². The minimum Gasteiger partial charge on any atom is -0.496 e. The fourth-order valence-corrected chi connectivity index (χ4v) is 3.73. The molecule has 2 aromatic carbocycles. The standard InChI is InChI=1S/C21H23F2NO/c1-6-13-14(15-9-16(22)17(23)10-19(15)25-5)7-8-18-20(13)12(2)11-21(3,4)24-18/h7-11,24H,6H2,1-5H3. The number of benzene rings is 2. The quantitative estimate of drug-likeness (QED) is 0.759. The van der Waals surface area contributed by atoms with Gasteiger partial charge in [-0.25, -0.2) is 8.78 Å². The zero-order valence-electron chi connectivity index (χ0n) is 15.3. The van der Waals surface area contributed by atoms with E-state index in [9.17, 15) is 8.78 Å². The molecule has 0 atom stereocenters. The molecule has 0 fully saturated rings. The number of nitrogens with one attached hydrogen (secondary N) is 1. The Morgan fingerprint density at radius 3 is 2.40 bits per heavy atom. The van der Waals surface area contributed by atoms with E-state index >= 15 is 0 Å². The number of hydrogen-bond acceptors (Lipinski definition) is 2. The maximum atomic E-state index is 13.9. The van der Waals surface area contributed by atoms with Gasteiger partial charge in [0, 0.05) is 22.9 Å². The van der Waals surface area contributed by atoms with Crippen molar-refractivity contribution in [1.82, 2.24) is 0 Å². The van der Waals surface area contributed by atoms with Crippen LogP contribution in [0.2, 0.25) is 0 Å². The molecule has 25 heavy (non-hydrogen) atoms. The second kappa shape index (κ2) is 6.17. The monoisotopic (exact) mass is 343 g/mol. The molecule has 1 aliphatic heterocycles. The SMILES string of the molecule is CCc1c(-c2cc(F)c(F)cc2OC)ccc2c1C(C)=CC(C)(C)N2. The number of ether oxygens (including phenoxy) is 1. The summed E-state index contributed by atoms with van der Waals surface area (Å²) >= 11 is 0. The molecule has 0 aliphatic carbocycles. The normalized spacial score (nSPS) is 15.2. The number of anilines is 1. The van der Waals surface area contributed by atoms with Gasteiger partial charge in [-0.3, -0.25) is 0 Å². The summed E-state index contributed by atoms with van der Waals surface area (Å²) < 4.78 is 32.8. The Kier molecular flexibility index (Phi) is 4.31. The van der Waals surface area contributed by atoms with Crippen molar-refractivity contribution in [3.63, 3.8) is 0 Å². The lowest BCUT2D eigenvalue weighted by atomic mass is 9.84. The summed E-state index contributed by atoms with van der Waals surface area (Å²) in [5.74, 6) is -1.45. The highest BCUT2D eigenvalue weighted by Gasteiger charge is 2.26. The third kappa shape index (κ3) is 3.01. The van der Waals surface area contributed by atoms with Gasteiger partial charge in [0.1, 0.15) is 5.75 Å². The summed E-state index contributed by atoms with van der Waals surface area (Å²) in [5, 5.41) is 3.53. The maximum absolute atomic E-state index is 13.9. The van der Waals surface area contributed by atoms with E-state index in [-0.39, 0.29) is 5.54 Å². The van der Waals surface area contributed by atoms with Gasteiger partial charge >= 0.3 is 0 Å². The molecule has 0 aromatic heterocycles. The molecule has 0 bridgehead atoms. The van der Waals surface area contributed by atoms with E-state index in [4.69, 9.17) is 4.74 Å². The van der Waals surface area contributed by atoms with Gasteiger partial charge in [-0.15, -0.1) is 0 Å². The minimum absolute atomic E-state index is 0.122. The van der Waals surface area contributed by atoms with Gasteiger partial charge in [-0.05, 0) is 56.0 Å². The van der Waals surface area contributed by atoms with Gasteiger partial charge in [0.15, 0.2) is 11.6 Å². The van der Waals surface area contributed by atoms with Gasteiger partial charge in [0.05, 0.1) is 12.6 Å². The van der Waals surface area contributed by atoms with Crippen molar-refractivity contribution < 1.29 is 13.5 Å². The lowest BCUT2D eigenvalue weighted by Gasteiger charge is -2.33. The molecule has 0 radical (unpaired) electrons. The molecular weight excluding hydrogens is 320 g/mol. The molecule has 132 valence electrons. The zero-order chi connectivity index (χ0) is 18.4. The molecule has 1 aliphatic rings.